The molecule has 0 fully saturated rings. The summed E-state index contributed by atoms with van der Waals surface area (Å²) in [4.78, 5) is 4.46. The number of hydrogen-bond acceptors (Lipinski definition) is 2. The topological polar surface area (TPSA) is 33.1 Å². The lowest BCUT2D eigenvalue weighted by molar-refractivity contribution is 0.204. The van der Waals surface area contributed by atoms with Gasteiger partial charge in [-0.05, 0) is 42.7 Å². The zero-order valence-corrected chi connectivity index (χ0v) is 8.83. The van der Waals surface area contributed by atoms with Crippen LogP contribution in [0, 0.1) is 12.8 Å². The van der Waals surface area contributed by atoms with Crippen molar-refractivity contribution in [2.75, 3.05) is 6.61 Å². The number of aliphatic hydroxyl groups excluding tert-OH is 1. The van der Waals surface area contributed by atoms with E-state index in [1.165, 1.54) is 16.8 Å². The van der Waals surface area contributed by atoms with E-state index in [0.717, 1.165) is 12.8 Å². The highest BCUT2D eigenvalue weighted by Crippen LogP contribution is 2.33. The summed E-state index contributed by atoms with van der Waals surface area (Å²) in [5.74, 6) is 0.955. The average molecular weight is 191 g/mol. The molecular formula is C12H17NO. The summed E-state index contributed by atoms with van der Waals surface area (Å²) in [6.45, 7) is 4.60. The molecule has 76 valence electrons. The molecule has 2 unspecified atom stereocenters. The number of aromatic nitrogens is 1. The average Bonchev–Trinajstić information content (AvgIpc) is 2.19. The summed E-state index contributed by atoms with van der Waals surface area (Å²) >= 11 is 0. The second kappa shape index (κ2) is 3.70. The third-order valence-corrected chi connectivity index (χ3v) is 3.10. The molecule has 2 nitrogen and oxygen atoms in total. The fourth-order valence-electron chi connectivity index (χ4n) is 2.34. The first-order chi connectivity index (χ1) is 6.70. The Morgan fingerprint density at radius 2 is 2.36 bits per heavy atom. The number of hydrogen-bond donors (Lipinski definition) is 1. The van der Waals surface area contributed by atoms with Crippen LogP contribution in [0.1, 0.15) is 36.1 Å². The van der Waals surface area contributed by atoms with Gasteiger partial charge in [0.2, 0.25) is 0 Å². The summed E-state index contributed by atoms with van der Waals surface area (Å²) in [7, 11) is 0. The number of pyridine rings is 1. The number of nitrogens with zero attached hydrogens (tertiary/aromatic N) is 1. The normalized spacial score (nSPS) is 25.9. The van der Waals surface area contributed by atoms with Gasteiger partial charge in [0, 0.05) is 18.5 Å². The van der Waals surface area contributed by atoms with Crippen molar-refractivity contribution >= 4 is 0 Å². The molecular weight excluding hydrogens is 174 g/mol. The molecule has 1 N–H and O–H groups in total. The maximum atomic E-state index is 9.16. The Morgan fingerprint density at radius 3 is 3.07 bits per heavy atom. The van der Waals surface area contributed by atoms with Gasteiger partial charge in [-0.3, -0.25) is 4.98 Å². The van der Waals surface area contributed by atoms with Crippen LogP contribution in [-0.2, 0) is 6.42 Å². The van der Waals surface area contributed by atoms with E-state index in [1.54, 1.807) is 0 Å². The van der Waals surface area contributed by atoms with Gasteiger partial charge in [0.1, 0.15) is 0 Å². The van der Waals surface area contributed by atoms with Gasteiger partial charge in [0.05, 0.1) is 0 Å². The van der Waals surface area contributed by atoms with E-state index in [0.29, 0.717) is 18.4 Å². The SMILES string of the molecule is Cc1cnc2c(c1)C(C)CC(CO)C2. The van der Waals surface area contributed by atoms with E-state index in [2.05, 4.69) is 24.9 Å². The van der Waals surface area contributed by atoms with Crippen molar-refractivity contribution in [2.45, 2.75) is 32.6 Å². The van der Waals surface area contributed by atoms with Crippen molar-refractivity contribution < 1.29 is 5.11 Å². The molecule has 1 heterocycles. The first-order valence-corrected chi connectivity index (χ1v) is 5.27. The summed E-state index contributed by atoms with van der Waals surface area (Å²) < 4.78 is 0. The van der Waals surface area contributed by atoms with Gasteiger partial charge in [0.25, 0.3) is 0 Å². The van der Waals surface area contributed by atoms with E-state index in [-0.39, 0.29) is 0 Å². The van der Waals surface area contributed by atoms with Crippen LogP contribution >= 0.6 is 0 Å². The van der Waals surface area contributed by atoms with Crippen molar-refractivity contribution in [3.8, 4) is 0 Å². The summed E-state index contributed by atoms with van der Waals surface area (Å²) in [5, 5.41) is 9.16. The zero-order valence-electron chi connectivity index (χ0n) is 8.83. The van der Waals surface area contributed by atoms with E-state index in [9.17, 15) is 0 Å². The summed E-state index contributed by atoms with van der Waals surface area (Å²) in [5.41, 5.74) is 3.81. The van der Waals surface area contributed by atoms with Crippen molar-refractivity contribution in [2.24, 2.45) is 5.92 Å². The molecule has 0 aromatic carbocycles. The fraction of sp³-hybridized carbons (Fsp3) is 0.583. The molecule has 1 aromatic heterocycles. The monoisotopic (exact) mass is 191 g/mol. The second-order valence-electron chi connectivity index (χ2n) is 4.44. The molecule has 1 aliphatic rings. The number of rotatable bonds is 1. The largest absolute Gasteiger partial charge is 0.396 e. The molecule has 0 amide bonds. The van der Waals surface area contributed by atoms with Crippen LogP contribution in [0.15, 0.2) is 12.3 Å². The molecule has 0 radical (unpaired) electrons. The van der Waals surface area contributed by atoms with Crippen LogP contribution < -0.4 is 0 Å². The molecule has 0 saturated heterocycles. The number of aliphatic hydroxyl groups is 1. The number of fused-ring (bicyclic) bond motifs is 1. The molecule has 0 spiro atoms. The molecule has 14 heavy (non-hydrogen) atoms. The Hall–Kier alpha value is -0.890. The lowest BCUT2D eigenvalue weighted by Gasteiger charge is -2.27. The van der Waals surface area contributed by atoms with E-state index in [4.69, 9.17) is 5.11 Å². The smallest absolute Gasteiger partial charge is 0.0463 e. The Labute approximate surface area is 85.0 Å². The molecule has 0 aliphatic heterocycles. The Morgan fingerprint density at radius 1 is 1.57 bits per heavy atom. The quantitative estimate of drug-likeness (QED) is 0.737. The summed E-state index contributed by atoms with van der Waals surface area (Å²) in [6, 6.07) is 2.24. The molecule has 2 rings (SSSR count). The Balaban J connectivity index is 2.35. The van der Waals surface area contributed by atoms with Crippen LogP contribution in [0.4, 0.5) is 0 Å². The molecule has 0 saturated carbocycles. The van der Waals surface area contributed by atoms with Crippen molar-refractivity contribution in [3.05, 3.63) is 29.1 Å². The van der Waals surface area contributed by atoms with Gasteiger partial charge in [-0.2, -0.15) is 0 Å². The third kappa shape index (κ3) is 1.67. The van der Waals surface area contributed by atoms with Gasteiger partial charge < -0.3 is 5.11 Å². The van der Waals surface area contributed by atoms with Gasteiger partial charge >= 0.3 is 0 Å². The Kier molecular flexibility index (Phi) is 2.55. The highest BCUT2D eigenvalue weighted by molar-refractivity contribution is 5.30. The van der Waals surface area contributed by atoms with Gasteiger partial charge in [-0.25, -0.2) is 0 Å². The minimum atomic E-state index is 0.291. The highest BCUT2D eigenvalue weighted by atomic mass is 16.3. The van der Waals surface area contributed by atoms with Crippen LogP contribution in [0.5, 0.6) is 0 Å². The van der Waals surface area contributed by atoms with Crippen LogP contribution in [-0.4, -0.2) is 16.7 Å². The lowest BCUT2D eigenvalue weighted by Crippen LogP contribution is -2.21. The highest BCUT2D eigenvalue weighted by Gasteiger charge is 2.24. The zero-order chi connectivity index (χ0) is 10.1. The van der Waals surface area contributed by atoms with Crippen LogP contribution in [0.2, 0.25) is 0 Å². The fourth-order valence-corrected chi connectivity index (χ4v) is 2.34. The van der Waals surface area contributed by atoms with Crippen molar-refractivity contribution in [1.82, 2.24) is 4.98 Å². The lowest BCUT2D eigenvalue weighted by atomic mass is 9.80. The standard InChI is InChI=1S/C12H17NO/c1-8-3-11-9(2)4-10(7-14)5-12(11)13-6-8/h3,6,9-10,14H,4-5,7H2,1-2H3. The molecule has 2 heteroatoms. The van der Waals surface area contributed by atoms with Crippen molar-refractivity contribution in [1.29, 1.82) is 0 Å². The van der Waals surface area contributed by atoms with Crippen molar-refractivity contribution in [3.63, 3.8) is 0 Å². The predicted octanol–water partition coefficient (Wildman–Crippen LogP) is 2.05. The molecule has 0 bridgehead atoms. The first kappa shape index (κ1) is 9.66. The third-order valence-electron chi connectivity index (χ3n) is 3.10. The molecule has 2 atom stereocenters. The van der Waals surface area contributed by atoms with Gasteiger partial charge in [0.15, 0.2) is 0 Å². The summed E-state index contributed by atoms with van der Waals surface area (Å²) in [6.07, 6.45) is 3.95. The van der Waals surface area contributed by atoms with Gasteiger partial charge in [-0.15, -0.1) is 0 Å². The van der Waals surface area contributed by atoms with Gasteiger partial charge in [-0.1, -0.05) is 13.0 Å². The van der Waals surface area contributed by atoms with Crippen LogP contribution in [0.25, 0.3) is 0 Å². The minimum absolute atomic E-state index is 0.291. The minimum Gasteiger partial charge on any atom is -0.396 e. The van der Waals surface area contributed by atoms with E-state index < -0.39 is 0 Å². The van der Waals surface area contributed by atoms with E-state index in [1.807, 2.05) is 6.20 Å². The predicted molar refractivity (Wildman–Crippen MR) is 56.3 cm³/mol. The molecule has 1 aromatic rings. The number of aryl methyl sites for hydroxylation is 1. The Bertz CT molecular complexity index is 335. The maximum absolute atomic E-state index is 9.16. The maximum Gasteiger partial charge on any atom is 0.0463 e. The first-order valence-electron chi connectivity index (χ1n) is 5.27. The van der Waals surface area contributed by atoms with Crippen LogP contribution in [0.3, 0.4) is 0 Å². The second-order valence-corrected chi connectivity index (χ2v) is 4.44. The van der Waals surface area contributed by atoms with E-state index >= 15 is 0 Å². The molecule has 1 aliphatic carbocycles.